The van der Waals surface area contributed by atoms with Crippen molar-refractivity contribution in [3.8, 4) is 0 Å². The lowest BCUT2D eigenvalue weighted by Crippen LogP contribution is -2.29. The van der Waals surface area contributed by atoms with Gasteiger partial charge in [0.25, 0.3) is 0 Å². The molecule has 0 saturated heterocycles. The molecule has 0 aliphatic rings. The Morgan fingerprint density at radius 2 is 2.28 bits per heavy atom. The minimum atomic E-state index is 0.567. The van der Waals surface area contributed by atoms with Crippen LogP contribution in [0.1, 0.15) is 12.8 Å². The average molecular weight is 261 g/mol. The molecule has 1 aromatic heterocycles. The van der Waals surface area contributed by atoms with Crippen molar-refractivity contribution in [2.75, 3.05) is 11.9 Å². The molecule has 5 heteroatoms. The predicted octanol–water partition coefficient (Wildman–Crippen LogP) is 3.00. The van der Waals surface area contributed by atoms with Crippen LogP contribution in [0.2, 0.25) is 0 Å². The second-order valence-corrected chi connectivity index (χ2v) is 4.59. The number of fused-ring (bicyclic) bond motifs is 1. The van der Waals surface area contributed by atoms with Crippen LogP contribution in [0.4, 0.5) is 5.69 Å². The van der Waals surface area contributed by atoms with E-state index in [9.17, 15) is 0 Å². The van der Waals surface area contributed by atoms with Gasteiger partial charge in [-0.05, 0) is 37.3 Å². The Morgan fingerprint density at radius 1 is 1.50 bits per heavy atom. The summed E-state index contributed by atoms with van der Waals surface area (Å²) in [5.74, 6) is 0.658. The first-order chi connectivity index (χ1) is 8.54. The number of hydrogen-bond donors (Lipinski definition) is 2. The Morgan fingerprint density at radius 3 is 3.00 bits per heavy atom. The van der Waals surface area contributed by atoms with E-state index in [-0.39, 0.29) is 0 Å². The lowest BCUT2D eigenvalue weighted by molar-refractivity contribution is 0.561. The van der Waals surface area contributed by atoms with Crippen LogP contribution in [0.3, 0.4) is 0 Å². The van der Waals surface area contributed by atoms with Crippen molar-refractivity contribution >= 4 is 34.1 Å². The summed E-state index contributed by atoms with van der Waals surface area (Å²) in [5.41, 5.74) is 3.51. The van der Waals surface area contributed by atoms with Gasteiger partial charge in [-0.25, -0.2) is 4.98 Å². The summed E-state index contributed by atoms with van der Waals surface area (Å²) in [6.07, 6.45) is 0. The Balaban J connectivity index is 2.07. The number of benzene rings is 1. The van der Waals surface area contributed by atoms with Gasteiger partial charge in [-0.15, -0.1) is 0 Å². The topological polar surface area (TPSA) is 50.1 Å². The zero-order chi connectivity index (χ0) is 13.1. The fourth-order valence-corrected chi connectivity index (χ4v) is 1.72. The Labute approximate surface area is 111 Å². The molecule has 0 spiro atoms. The molecule has 0 bridgehead atoms. The van der Waals surface area contributed by atoms with Gasteiger partial charge in [-0.2, -0.15) is 0 Å². The maximum absolute atomic E-state index is 5.41. The van der Waals surface area contributed by atoms with E-state index in [2.05, 4.69) is 22.2 Å². The lowest BCUT2D eigenvalue weighted by Gasteiger charge is -2.09. The molecule has 2 aromatic rings. The summed E-state index contributed by atoms with van der Waals surface area (Å²) >= 11 is 5.18. The smallest absolute Gasteiger partial charge is 0.192 e. The molecule has 1 heterocycles. The Kier molecular flexibility index (Phi) is 3.62. The first kappa shape index (κ1) is 12.6. The second-order valence-electron chi connectivity index (χ2n) is 4.18. The minimum absolute atomic E-state index is 0.567. The van der Waals surface area contributed by atoms with Gasteiger partial charge in [-0.1, -0.05) is 12.2 Å². The second kappa shape index (κ2) is 5.18. The van der Waals surface area contributed by atoms with Gasteiger partial charge < -0.3 is 15.1 Å². The highest BCUT2D eigenvalue weighted by atomic mass is 32.1. The number of nitrogens with one attached hydrogen (secondary N) is 2. The summed E-state index contributed by atoms with van der Waals surface area (Å²) < 4.78 is 5.41. The van der Waals surface area contributed by atoms with Gasteiger partial charge in [0.2, 0.25) is 0 Å². The van der Waals surface area contributed by atoms with E-state index in [0.29, 0.717) is 17.5 Å². The molecule has 0 unspecified atom stereocenters. The molecule has 1 aromatic carbocycles. The fourth-order valence-electron chi connectivity index (χ4n) is 1.53. The van der Waals surface area contributed by atoms with Crippen molar-refractivity contribution in [1.29, 1.82) is 0 Å². The minimum Gasteiger partial charge on any atom is -0.441 e. The number of hydrogen-bond acceptors (Lipinski definition) is 3. The fraction of sp³-hybridized carbons (Fsp3) is 0.231. The van der Waals surface area contributed by atoms with Gasteiger partial charge >= 0.3 is 0 Å². The molecule has 94 valence electrons. The van der Waals surface area contributed by atoms with E-state index >= 15 is 0 Å². The van der Waals surface area contributed by atoms with Crippen LogP contribution in [0, 0.1) is 6.92 Å². The van der Waals surface area contributed by atoms with Gasteiger partial charge in [0.15, 0.2) is 16.6 Å². The van der Waals surface area contributed by atoms with Crippen LogP contribution in [0.5, 0.6) is 0 Å². The van der Waals surface area contributed by atoms with Gasteiger partial charge in [0.1, 0.15) is 5.52 Å². The summed E-state index contributed by atoms with van der Waals surface area (Å²) in [7, 11) is 0. The molecule has 0 fully saturated rings. The molecule has 0 aliphatic heterocycles. The third-order valence-corrected chi connectivity index (χ3v) is 2.55. The Bertz CT molecular complexity index is 603. The molecule has 0 atom stereocenters. The third kappa shape index (κ3) is 3.07. The van der Waals surface area contributed by atoms with E-state index in [1.165, 1.54) is 0 Å². The summed E-state index contributed by atoms with van der Waals surface area (Å²) in [6, 6.07) is 5.68. The van der Waals surface area contributed by atoms with Gasteiger partial charge in [0, 0.05) is 19.2 Å². The highest BCUT2D eigenvalue weighted by Crippen LogP contribution is 2.19. The standard InChI is InChI=1S/C13H15N3OS/c1-8(2)7-14-13(18)16-10-4-5-12-11(6-10)15-9(3)17-12/h4-6H,1,7H2,2-3H3,(H2,14,16,18). The van der Waals surface area contributed by atoms with Crippen molar-refractivity contribution in [2.45, 2.75) is 13.8 Å². The maximum Gasteiger partial charge on any atom is 0.192 e. The van der Waals surface area contributed by atoms with Crippen molar-refractivity contribution in [3.05, 3.63) is 36.2 Å². The lowest BCUT2D eigenvalue weighted by atomic mass is 10.3. The van der Waals surface area contributed by atoms with Crippen LogP contribution in [0.15, 0.2) is 34.8 Å². The molecule has 0 amide bonds. The Hall–Kier alpha value is -1.88. The normalized spacial score (nSPS) is 10.3. The zero-order valence-electron chi connectivity index (χ0n) is 10.4. The summed E-state index contributed by atoms with van der Waals surface area (Å²) in [6.45, 7) is 8.24. The van der Waals surface area contributed by atoms with Crippen molar-refractivity contribution < 1.29 is 4.42 Å². The number of aromatic nitrogens is 1. The summed E-state index contributed by atoms with van der Waals surface area (Å²) in [4.78, 5) is 4.27. The number of nitrogens with zero attached hydrogens (tertiary/aromatic N) is 1. The van der Waals surface area contributed by atoms with E-state index < -0.39 is 0 Å². The molecule has 2 rings (SSSR count). The van der Waals surface area contributed by atoms with Crippen molar-refractivity contribution in [1.82, 2.24) is 10.3 Å². The van der Waals surface area contributed by atoms with E-state index in [0.717, 1.165) is 22.4 Å². The monoisotopic (exact) mass is 261 g/mol. The molecule has 18 heavy (non-hydrogen) atoms. The maximum atomic E-state index is 5.41. The number of oxazole rings is 1. The molecule has 0 radical (unpaired) electrons. The molecular weight excluding hydrogens is 246 g/mol. The van der Waals surface area contributed by atoms with Crippen LogP contribution >= 0.6 is 12.2 Å². The SMILES string of the molecule is C=C(C)CNC(=S)Nc1ccc2oc(C)nc2c1. The quantitative estimate of drug-likeness (QED) is 0.657. The first-order valence-electron chi connectivity index (χ1n) is 5.61. The average Bonchev–Trinajstić information content (AvgIpc) is 2.66. The molecule has 0 saturated carbocycles. The van der Waals surface area contributed by atoms with Gasteiger partial charge in [0.05, 0.1) is 0 Å². The van der Waals surface area contributed by atoms with Gasteiger partial charge in [-0.3, -0.25) is 0 Å². The van der Waals surface area contributed by atoms with Crippen molar-refractivity contribution in [2.24, 2.45) is 0 Å². The highest BCUT2D eigenvalue weighted by Gasteiger charge is 2.04. The number of rotatable bonds is 3. The van der Waals surface area contributed by atoms with Crippen LogP contribution in [-0.4, -0.2) is 16.6 Å². The van der Waals surface area contributed by atoms with Crippen LogP contribution in [-0.2, 0) is 0 Å². The van der Waals surface area contributed by atoms with E-state index in [1.807, 2.05) is 32.0 Å². The van der Waals surface area contributed by atoms with Crippen LogP contribution in [0.25, 0.3) is 11.1 Å². The largest absolute Gasteiger partial charge is 0.441 e. The van der Waals surface area contributed by atoms with E-state index in [1.54, 1.807) is 0 Å². The molecule has 2 N–H and O–H groups in total. The number of anilines is 1. The number of aryl methyl sites for hydroxylation is 1. The van der Waals surface area contributed by atoms with E-state index in [4.69, 9.17) is 16.6 Å². The molecule has 0 aliphatic carbocycles. The third-order valence-electron chi connectivity index (χ3n) is 2.30. The molecule has 4 nitrogen and oxygen atoms in total. The number of thiocarbonyl (C=S) groups is 1. The van der Waals surface area contributed by atoms with Crippen molar-refractivity contribution in [3.63, 3.8) is 0 Å². The highest BCUT2D eigenvalue weighted by molar-refractivity contribution is 7.80. The first-order valence-corrected chi connectivity index (χ1v) is 6.02. The zero-order valence-corrected chi connectivity index (χ0v) is 11.2. The van der Waals surface area contributed by atoms with Crippen LogP contribution < -0.4 is 10.6 Å². The predicted molar refractivity (Wildman–Crippen MR) is 77.8 cm³/mol. The molecular formula is C13H15N3OS. The summed E-state index contributed by atoms with van der Waals surface area (Å²) in [5, 5.41) is 6.72.